The maximum atomic E-state index is 10.4. The third kappa shape index (κ3) is 1.40. The molecule has 1 N–H and O–H groups in total. The monoisotopic (exact) mass is 184 g/mol. The Hall–Kier alpha value is -0.0800. The molecule has 2 aliphatic rings. The van der Waals surface area contributed by atoms with Crippen molar-refractivity contribution in [2.75, 3.05) is 0 Å². The van der Waals surface area contributed by atoms with Gasteiger partial charge in [0.15, 0.2) is 0 Å². The Morgan fingerprint density at radius 1 is 1.31 bits per heavy atom. The lowest BCUT2D eigenvalue weighted by molar-refractivity contribution is -0.0516. The molecule has 2 saturated heterocycles. The molecule has 0 saturated carbocycles. The Morgan fingerprint density at radius 2 is 2.00 bits per heavy atom. The van der Waals surface area contributed by atoms with Crippen molar-refractivity contribution >= 4 is 0 Å². The predicted octanol–water partition coefficient (Wildman–Crippen LogP) is 2.10. The fraction of sp³-hybridized carbons (Fsp3) is 1.00. The van der Waals surface area contributed by atoms with Gasteiger partial charge in [0.05, 0.1) is 17.8 Å². The topological polar surface area (TPSA) is 29.5 Å². The first-order valence-corrected chi connectivity index (χ1v) is 5.57. The molecular formula is C11H20O2. The van der Waals surface area contributed by atoms with Crippen LogP contribution in [0.5, 0.6) is 0 Å². The molecule has 13 heavy (non-hydrogen) atoms. The zero-order valence-corrected chi connectivity index (χ0v) is 8.62. The van der Waals surface area contributed by atoms with Gasteiger partial charge in [-0.2, -0.15) is 0 Å². The van der Waals surface area contributed by atoms with Crippen molar-refractivity contribution < 1.29 is 9.84 Å². The summed E-state index contributed by atoms with van der Waals surface area (Å²) in [6, 6.07) is 0. The van der Waals surface area contributed by atoms with Gasteiger partial charge in [-0.15, -0.1) is 0 Å². The van der Waals surface area contributed by atoms with E-state index in [-0.39, 0.29) is 0 Å². The van der Waals surface area contributed by atoms with Crippen LogP contribution < -0.4 is 0 Å². The molecule has 0 aliphatic carbocycles. The summed E-state index contributed by atoms with van der Waals surface area (Å²) in [5.74, 6) is 0.404. The molecule has 0 amide bonds. The summed E-state index contributed by atoms with van der Waals surface area (Å²) in [5.41, 5.74) is -0.458. The maximum Gasteiger partial charge on any atom is 0.0696 e. The van der Waals surface area contributed by atoms with Crippen LogP contribution in [0.3, 0.4) is 0 Å². The van der Waals surface area contributed by atoms with Crippen LogP contribution in [-0.4, -0.2) is 22.9 Å². The fourth-order valence-corrected chi connectivity index (χ4v) is 2.98. The molecular weight excluding hydrogens is 164 g/mol. The minimum atomic E-state index is -0.458. The number of fused-ring (bicyclic) bond motifs is 2. The average molecular weight is 184 g/mol. The van der Waals surface area contributed by atoms with E-state index in [4.69, 9.17) is 4.74 Å². The molecule has 2 fully saturated rings. The molecule has 0 spiro atoms. The summed E-state index contributed by atoms with van der Waals surface area (Å²) in [7, 11) is 0. The molecule has 2 heteroatoms. The van der Waals surface area contributed by atoms with Crippen molar-refractivity contribution in [3.05, 3.63) is 0 Å². The summed E-state index contributed by atoms with van der Waals surface area (Å²) in [4.78, 5) is 0. The largest absolute Gasteiger partial charge is 0.390 e. The molecule has 3 atom stereocenters. The molecule has 2 heterocycles. The highest BCUT2D eigenvalue weighted by Gasteiger charge is 2.49. The van der Waals surface area contributed by atoms with Crippen molar-refractivity contribution in [1.82, 2.24) is 0 Å². The van der Waals surface area contributed by atoms with Crippen LogP contribution in [0.25, 0.3) is 0 Å². The highest BCUT2D eigenvalue weighted by Crippen LogP contribution is 2.45. The first kappa shape index (κ1) is 9.47. The van der Waals surface area contributed by atoms with Crippen molar-refractivity contribution in [2.45, 2.75) is 63.8 Å². The third-order valence-electron chi connectivity index (χ3n) is 4.02. The normalized spacial score (nSPS) is 38.5. The van der Waals surface area contributed by atoms with Gasteiger partial charge in [0.1, 0.15) is 0 Å². The molecule has 2 nitrogen and oxygen atoms in total. The smallest absolute Gasteiger partial charge is 0.0696 e. The minimum Gasteiger partial charge on any atom is -0.390 e. The van der Waals surface area contributed by atoms with Gasteiger partial charge >= 0.3 is 0 Å². The highest BCUT2D eigenvalue weighted by atomic mass is 16.5. The van der Waals surface area contributed by atoms with Gasteiger partial charge in [0.2, 0.25) is 0 Å². The van der Waals surface area contributed by atoms with Crippen LogP contribution in [0.1, 0.15) is 46.0 Å². The second-order valence-electron chi connectivity index (χ2n) is 4.53. The standard InChI is InChI=1S/C11H20O2/c1-3-11(12,4-2)9-7-8-5-6-10(9)13-8/h8-10,12H,3-7H2,1-2H3. The zero-order valence-electron chi connectivity index (χ0n) is 8.62. The third-order valence-corrected chi connectivity index (χ3v) is 4.02. The molecule has 0 aromatic rings. The van der Waals surface area contributed by atoms with Crippen LogP contribution in [0.4, 0.5) is 0 Å². The number of ether oxygens (including phenoxy) is 1. The summed E-state index contributed by atoms with van der Waals surface area (Å²) in [6.45, 7) is 4.16. The number of hydrogen-bond donors (Lipinski definition) is 1. The molecule has 0 radical (unpaired) electrons. The fourth-order valence-electron chi connectivity index (χ4n) is 2.98. The molecule has 0 aromatic carbocycles. The van der Waals surface area contributed by atoms with Gasteiger partial charge in [-0.25, -0.2) is 0 Å². The van der Waals surface area contributed by atoms with Crippen molar-refractivity contribution in [1.29, 1.82) is 0 Å². The lowest BCUT2D eigenvalue weighted by atomic mass is 9.74. The highest BCUT2D eigenvalue weighted by molar-refractivity contribution is 4.98. The lowest BCUT2D eigenvalue weighted by Crippen LogP contribution is -2.41. The Bertz CT molecular complexity index is 187. The molecule has 0 aromatic heterocycles. The number of rotatable bonds is 3. The van der Waals surface area contributed by atoms with E-state index in [0.717, 1.165) is 25.7 Å². The van der Waals surface area contributed by atoms with Gasteiger partial charge in [-0.3, -0.25) is 0 Å². The molecule has 2 bridgehead atoms. The van der Waals surface area contributed by atoms with Crippen LogP contribution >= 0.6 is 0 Å². The second kappa shape index (κ2) is 3.25. The predicted molar refractivity (Wildman–Crippen MR) is 51.5 cm³/mol. The zero-order chi connectivity index (χ0) is 9.47. The van der Waals surface area contributed by atoms with Gasteiger partial charge in [-0.1, -0.05) is 13.8 Å². The van der Waals surface area contributed by atoms with Crippen molar-refractivity contribution in [2.24, 2.45) is 5.92 Å². The lowest BCUT2D eigenvalue weighted by Gasteiger charge is -2.35. The van der Waals surface area contributed by atoms with Gasteiger partial charge < -0.3 is 9.84 Å². The number of aliphatic hydroxyl groups is 1. The second-order valence-corrected chi connectivity index (χ2v) is 4.53. The van der Waals surface area contributed by atoms with Crippen molar-refractivity contribution in [3.63, 3.8) is 0 Å². The van der Waals surface area contributed by atoms with Crippen LogP contribution in [-0.2, 0) is 4.74 Å². The Balaban J connectivity index is 2.08. The molecule has 2 rings (SSSR count). The summed E-state index contributed by atoms with van der Waals surface area (Å²) in [6.07, 6.45) is 6.00. The minimum absolute atomic E-state index is 0.356. The maximum absolute atomic E-state index is 10.4. The van der Waals surface area contributed by atoms with Gasteiger partial charge in [0, 0.05) is 5.92 Å². The summed E-state index contributed by atoms with van der Waals surface area (Å²) < 4.78 is 5.77. The van der Waals surface area contributed by atoms with Crippen LogP contribution in [0.2, 0.25) is 0 Å². The molecule has 76 valence electrons. The van der Waals surface area contributed by atoms with E-state index in [2.05, 4.69) is 13.8 Å². The quantitative estimate of drug-likeness (QED) is 0.728. The first-order chi connectivity index (χ1) is 6.19. The van der Waals surface area contributed by atoms with E-state index in [0.29, 0.717) is 18.1 Å². The van der Waals surface area contributed by atoms with E-state index >= 15 is 0 Å². The van der Waals surface area contributed by atoms with Gasteiger partial charge in [0.25, 0.3) is 0 Å². The van der Waals surface area contributed by atoms with E-state index < -0.39 is 5.60 Å². The Labute approximate surface area is 80.3 Å². The van der Waals surface area contributed by atoms with Crippen LogP contribution in [0.15, 0.2) is 0 Å². The molecule has 2 aliphatic heterocycles. The Morgan fingerprint density at radius 3 is 2.38 bits per heavy atom. The summed E-state index contributed by atoms with van der Waals surface area (Å²) in [5, 5.41) is 10.4. The van der Waals surface area contributed by atoms with E-state index in [1.54, 1.807) is 0 Å². The number of hydrogen-bond acceptors (Lipinski definition) is 2. The van der Waals surface area contributed by atoms with Gasteiger partial charge in [-0.05, 0) is 32.1 Å². The summed E-state index contributed by atoms with van der Waals surface area (Å²) >= 11 is 0. The Kier molecular flexibility index (Phi) is 2.37. The molecule has 3 unspecified atom stereocenters. The van der Waals surface area contributed by atoms with E-state index in [1.807, 2.05) is 0 Å². The first-order valence-electron chi connectivity index (χ1n) is 5.57. The van der Waals surface area contributed by atoms with E-state index in [9.17, 15) is 5.11 Å². The van der Waals surface area contributed by atoms with E-state index in [1.165, 1.54) is 6.42 Å². The SMILES string of the molecule is CCC(O)(CC)C1CC2CCC1O2. The van der Waals surface area contributed by atoms with Crippen LogP contribution in [0, 0.1) is 5.92 Å². The van der Waals surface area contributed by atoms with Crippen molar-refractivity contribution in [3.8, 4) is 0 Å². The average Bonchev–Trinajstić information content (AvgIpc) is 2.77.